The van der Waals surface area contributed by atoms with Gasteiger partial charge in [0, 0.05) is 25.1 Å². The first-order chi connectivity index (χ1) is 8.02. The highest BCUT2D eigenvalue weighted by atomic mass is 16.4. The summed E-state index contributed by atoms with van der Waals surface area (Å²) in [6.45, 7) is 0.468. The fraction of sp³-hybridized carbons (Fsp3) is 0.545. The Bertz CT molecular complexity index is 298. The third-order valence-electron chi connectivity index (χ3n) is 1.99. The Morgan fingerprint density at radius 1 is 0.941 bits per heavy atom. The topological polar surface area (TPSA) is 104 Å². The van der Waals surface area contributed by atoms with Crippen LogP contribution in [0.25, 0.3) is 0 Å². The number of carbonyl (C=O) groups is 3. The molecule has 0 rings (SSSR count). The van der Waals surface area contributed by atoms with Crippen LogP contribution >= 0.6 is 0 Å². The lowest BCUT2D eigenvalue weighted by Crippen LogP contribution is -2.22. The zero-order valence-corrected chi connectivity index (χ0v) is 9.52. The lowest BCUT2D eigenvalue weighted by Gasteiger charge is -2.01. The molecule has 0 saturated heterocycles. The van der Waals surface area contributed by atoms with E-state index < -0.39 is 17.8 Å². The molecule has 0 aromatic rings. The van der Waals surface area contributed by atoms with Crippen molar-refractivity contribution in [3.8, 4) is 0 Å². The Kier molecular flexibility index (Phi) is 8.36. The van der Waals surface area contributed by atoms with Crippen LogP contribution in [-0.2, 0) is 14.4 Å². The van der Waals surface area contributed by atoms with Gasteiger partial charge in [-0.2, -0.15) is 0 Å². The van der Waals surface area contributed by atoms with E-state index in [2.05, 4.69) is 5.32 Å². The molecule has 0 heterocycles. The predicted molar refractivity (Wildman–Crippen MR) is 60.5 cm³/mol. The van der Waals surface area contributed by atoms with Crippen LogP contribution in [0.4, 0.5) is 0 Å². The van der Waals surface area contributed by atoms with Gasteiger partial charge in [-0.3, -0.25) is 9.59 Å². The number of amides is 1. The van der Waals surface area contributed by atoms with E-state index in [1.807, 2.05) is 0 Å². The molecule has 0 fully saturated rings. The Balaban J connectivity index is 3.36. The summed E-state index contributed by atoms with van der Waals surface area (Å²) >= 11 is 0. The van der Waals surface area contributed by atoms with Gasteiger partial charge in [0.1, 0.15) is 0 Å². The summed E-state index contributed by atoms with van der Waals surface area (Å²) in [6.07, 6.45) is 4.97. The van der Waals surface area contributed by atoms with Crippen LogP contribution in [0.1, 0.15) is 32.1 Å². The van der Waals surface area contributed by atoms with Crippen LogP contribution in [0.5, 0.6) is 0 Å². The van der Waals surface area contributed by atoms with Gasteiger partial charge in [-0.1, -0.05) is 12.8 Å². The summed E-state index contributed by atoms with van der Waals surface area (Å²) < 4.78 is 0. The molecule has 0 spiro atoms. The molecule has 0 aromatic heterocycles. The van der Waals surface area contributed by atoms with Gasteiger partial charge in [-0.15, -0.1) is 0 Å². The van der Waals surface area contributed by atoms with Gasteiger partial charge in [0.2, 0.25) is 5.91 Å². The molecular weight excluding hydrogens is 226 g/mol. The molecule has 0 unspecified atom stereocenters. The molecule has 0 aliphatic rings. The third kappa shape index (κ3) is 12.1. The molecule has 0 aliphatic heterocycles. The quantitative estimate of drug-likeness (QED) is 0.410. The third-order valence-corrected chi connectivity index (χ3v) is 1.99. The summed E-state index contributed by atoms with van der Waals surface area (Å²) in [4.78, 5) is 31.3. The Morgan fingerprint density at radius 2 is 1.59 bits per heavy atom. The van der Waals surface area contributed by atoms with Crippen molar-refractivity contribution in [1.82, 2.24) is 5.32 Å². The summed E-state index contributed by atoms with van der Waals surface area (Å²) in [6, 6.07) is 0. The number of carboxylic acid groups (broad SMARTS) is 2. The maximum Gasteiger partial charge on any atom is 0.328 e. The monoisotopic (exact) mass is 243 g/mol. The van der Waals surface area contributed by atoms with Crippen molar-refractivity contribution in [2.45, 2.75) is 32.1 Å². The lowest BCUT2D eigenvalue weighted by atomic mass is 10.1. The van der Waals surface area contributed by atoms with E-state index in [0.717, 1.165) is 31.4 Å². The van der Waals surface area contributed by atoms with Crippen molar-refractivity contribution < 1.29 is 24.6 Å². The maximum absolute atomic E-state index is 11.0. The number of hydrogen-bond acceptors (Lipinski definition) is 3. The van der Waals surface area contributed by atoms with E-state index in [4.69, 9.17) is 10.2 Å². The minimum absolute atomic E-state index is 0.174. The molecule has 6 heteroatoms. The van der Waals surface area contributed by atoms with Crippen molar-refractivity contribution in [3.63, 3.8) is 0 Å². The van der Waals surface area contributed by atoms with Crippen LogP contribution in [-0.4, -0.2) is 34.6 Å². The summed E-state index contributed by atoms with van der Waals surface area (Å²) in [5.74, 6) is -2.39. The van der Waals surface area contributed by atoms with Crippen LogP contribution in [0.2, 0.25) is 0 Å². The van der Waals surface area contributed by atoms with Crippen molar-refractivity contribution in [2.75, 3.05) is 6.54 Å². The van der Waals surface area contributed by atoms with Crippen LogP contribution < -0.4 is 5.32 Å². The Morgan fingerprint density at radius 3 is 2.18 bits per heavy atom. The first-order valence-corrected chi connectivity index (χ1v) is 5.43. The number of aliphatic carboxylic acids is 2. The molecular formula is C11H17NO5. The first kappa shape index (κ1) is 15.2. The SMILES string of the molecule is O=C(O)C=CC(=O)NCCCCCCC(=O)O. The van der Waals surface area contributed by atoms with Gasteiger partial charge in [-0.05, 0) is 12.8 Å². The zero-order valence-electron chi connectivity index (χ0n) is 9.52. The van der Waals surface area contributed by atoms with Crippen molar-refractivity contribution in [3.05, 3.63) is 12.2 Å². The van der Waals surface area contributed by atoms with Crippen molar-refractivity contribution in [2.24, 2.45) is 0 Å². The van der Waals surface area contributed by atoms with Gasteiger partial charge in [0.25, 0.3) is 0 Å². The van der Waals surface area contributed by atoms with Gasteiger partial charge in [-0.25, -0.2) is 4.79 Å². The highest BCUT2D eigenvalue weighted by Gasteiger charge is 1.98. The molecule has 17 heavy (non-hydrogen) atoms. The van der Waals surface area contributed by atoms with Gasteiger partial charge >= 0.3 is 11.9 Å². The molecule has 96 valence electrons. The molecule has 6 nitrogen and oxygen atoms in total. The summed E-state index contributed by atoms with van der Waals surface area (Å²) in [5.41, 5.74) is 0. The highest BCUT2D eigenvalue weighted by molar-refractivity contribution is 5.93. The number of carboxylic acids is 2. The Labute approximate surface area is 99.3 Å². The van der Waals surface area contributed by atoms with Gasteiger partial charge in [0.15, 0.2) is 0 Å². The van der Waals surface area contributed by atoms with Crippen LogP contribution in [0.3, 0.4) is 0 Å². The summed E-state index contributed by atoms with van der Waals surface area (Å²) in [7, 11) is 0. The predicted octanol–water partition coefficient (Wildman–Crippen LogP) is 0.778. The van der Waals surface area contributed by atoms with E-state index in [-0.39, 0.29) is 6.42 Å². The molecule has 0 atom stereocenters. The lowest BCUT2D eigenvalue weighted by molar-refractivity contribution is -0.137. The van der Waals surface area contributed by atoms with E-state index in [1.165, 1.54) is 0 Å². The minimum atomic E-state index is -1.16. The number of unbranched alkanes of at least 4 members (excludes halogenated alkanes) is 3. The van der Waals surface area contributed by atoms with E-state index in [0.29, 0.717) is 13.0 Å². The normalized spacial score (nSPS) is 10.4. The maximum atomic E-state index is 11.0. The van der Waals surface area contributed by atoms with Crippen molar-refractivity contribution >= 4 is 17.8 Å². The molecule has 0 bridgehead atoms. The highest BCUT2D eigenvalue weighted by Crippen LogP contribution is 2.01. The average Bonchev–Trinajstić information content (AvgIpc) is 2.24. The standard InChI is InChI=1S/C11H17NO5/c13-9(6-7-11(16)17)12-8-4-2-1-3-5-10(14)15/h6-7H,1-5,8H2,(H,12,13)(H,14,15)(H,16,17). The number of hydrogen-bond donors (Lipinski definition) is 3. The second-order valence-electron chi connectivity index (χ2n) is 3.52. The molecule has 0 saturated carbocycles. The zero-order chi connectivity index (χ0) is 13.1. The van der Waals surface area contributed by atoms with E-state index >= 15 is 0 Å². The number of nitrogens with one attached hydrogen (secondary N) is 1. The van der Waals surface area contributed by atoms with Crippen LogP contribution in [0.15, 0.2) is 12.2 Å². The van der Waals surface area contributed by atoms with E-state index in [1.54, 1.807) is 0 Å². The van der Waals surface area contributed by atoms with Crippen LogP contribution in [0, 0.1) is 0 Å². The minimum Gasteiger partial charge on any atom is -0.481 e. The number of rotatable bonds is 9. The molecule has 0 aromatic carbocycles. The largest absolute Gasteiger partial charge is 0.481 e. The molecule has 1 amide bonds. The summed E-state index contributed by atoms with van der Waals surface area (Å²) in [5, 5.41) is 19.2. The Hall–Kier alpha value is -1.85. The molecule has 0 radical (unpaired) electrons. The van der Waals surface area contributed by atoms with Crippen molar-refractivity contribution in [1.29, 1.82) is 0 Å². The average molecular weight is 243 g/mol. The fourth-order valence-corrected chi connectivity index (χ4v) is 1.17. The fourth-order valence-electron chi connectivity index (χ4n) is 1.17. The van der Waals surface area contributed by atoms with Gasteiger partial charge in [0.05, 0.1) is 0 Å². The second-order valence-corrected chi connectivity index (χ2v) is 3.52. The smallest absolute Gasteiger partial charge is 0.328 e. The van der Waals surface area contributed by atoms with Gasteiger partial charge < -0.3 is 15.5 Å². The molecule has 0 aliphatic carbocycles. The first-order valence-electron chi connectivity index (χ1n) is 5.43. The molecule has 3 N–H and O–H groups in total. The van der Waals surface area contributed by atoms with E-state index in [9.17, 15) is 14.4 Å². The number of carbonyl (C=O) groups excluding carboxylic acids is 1. The second kappa shape index (κ2) is 9.38.